The molecule has 0 saturated carbocycles. The summed E-state index contributed by atoms with van der Waals surface area (Å²) in [6.45, 7) is 18.9. The van der Waals surface area contributed by atoms with Crippen LogP contribution >= 0.6 is 0 Å². The molecule has 11 heteroatoms. The van der Waals surface area contributed by atoms with Crippen LogP contribution in [0.3, 0.4) is 0 Å². The van der Waals surface area contributed by atoms with Gasteiger partial charge in [0.15, 0.2) is 0 Å². The summed E-state index contributed by atoms with van der Waals surface area (Å²) < 4.78 is 26.4. The van der Waals surface area contributed by atoms with Crippen molar-refractivity contribution in [2.45, 2.75) is 65.2 Å². The number of aromatic amines is 2. The van der Waals surface area contributed by atoms with E-state index in [-0.39, 0.29) is 49.8 Å². The molecule has 2 aliphatic rings. The van der Waals surface area contributed by atoms with Crippen LogP contribution in [0.1, 0.15) is 90.0 Å². The van der Waals surface area contributed by atoms with Crippen molar-refractivity contribution in [1.82, 2.24) is 19.9 Å². The molecule has 5 rings (SSSR count). The van der Waals surface area contributed by atoms with E-state index < -0.39 is 0 Å². The van der Waals surface area contributed by atoms with Gasteiger partial charge in [0.2, 0.25) is 0 Å². The van der Waals surface area contributed by atoms with Gasteiger partial charge in [0.25, 0.3) is 0 Å². The zero-order chi connectivity index (χ0) is 38.1. The Hall–Kier alpha value is -4.84. The number of rotatable bonds is 17. The molecule has 3 aromatic rings. The Morgan fingerprint density at radius 1 is 0.755 bits per heavy atom. The number of ether oxygens (including phenoxy) is 5. The van der Waals surface area contributed by atoms with Crippen LogP contribution in [-0.4, -0.2) is 85.7 Å². The standard InChI is InChI=1S/C42H52N4O7/c1-9-29-25(3)33-21-34-27(5)31(11-13-41(47)50-8)39(45-34)24-40-32(12-14-42(48)53-20-19-52-18-17-51-16-15-49-7)28(6)36(46-40)23-38-30(10-2)26(4)35(44-38)22-37(29)43-33/h9-10,21-24,27,31,43,46H,1-2,11-20H2,3-8H3. The third-order valence-corrected chi connectivity index (χ3v) is 10.1. The first kappa shape index (κ1) is 39.4. The van der Waals surface area contributed by atoms with Crippen LogP contribution in [-0.2, 0) is 39.7 Å². The predicted octanol–water partition coefficient (Wildman–Crippen LogP) is 7.69. The van der Waals surface area contributed by atoms with Crippen molar-refractivity contribution in [3.63, 3.8) is 0 Å². The minimum absolute atomic E-state index is 0.0276. The Kier molecular flexibility index (Phi) is 13.6. The number of nitrogens with zero attached hydrogens (tertiary/aromatic N) is 2. The van der Waals surface area contributed by atoms with Gasteiger partial charge < -0.3 is 33.7 Å². The lowest BCUT2D eigenvalue weighted by Crippen LogP contribution is -2.14. The lowest BCUT2D eigenvalue weighted by molar-refractivity contribution is -0.145. The molecule has 8 bridgehead atoms. The molecular formula is C42H52N4O7. The van der Waals surface area contributed by atoms with Crippen molar-refractivity contribution in [1.29, 1.82) is 0 Å². The molecule has 53 heavy (non-hydrogen) atoms. The second-order valence-corrected chi connectivity index (χ2v) is 13.4. The van der Waals surface area contributed by atoms with Gasteiger partial charge in [-0.1, -0.05) is 32.2 Å². The summed E-state index contributed by atoms with van der Waals surface area (Å²) in [6.07, 6.45) is 5.18. The Morgan fingerprint density at radius 3 is 2.11 bits per heavy atom. The van der Waals surface area contributed by atoms with E-state index in [9.17, 15) is 9.59 Å². The molecule has 0 saturated heterocycles. The summed E-state index contributed by atoms with van der Waals surface area (Å²) in [5.41, 5.74) is 13.0. The van der Waals surface area contributed by atoms with Crippen LogP contribution in [0.4, 0.5) is 0 Å². The van der Waals surface area contributed by atoms with Crippen LogP contribution in [0.2, 0.25) is 0 Å². The number of carbonyl (C=O) groups is 2. The highest BCUT2D eigenvalue weighted by molar-refractivity contribution is 5.97. The number of aromatic nitrogens is 4. The second kappa shape index (κ2) is 18.3. The van der Waals surface area contributed by atoms with Crippen molar-refractivity contribution in [2.24, 2.45) is 0 Å². The maximum atomic E-state index is 12.9. The van der Waals surface area contributed by atoms with Crippen LogP contribution in [0.5, 0.6) is 0 Å². The fourth-order valence-corrected chi connectivity index (χ4v) is 6.97. The number of aryl methyl sites for hydroxylation is 3. The Bertz CT molecular complexity index is 2040. The molecule has 2 N–H and O–H groups in total. The number of esters is 2. The van der Waals surface area contributed by atoms with E-state index in [2.05, 4.69) is 62.1 Å². The number of H-pyrrole nitrogens is 2. The lowest BCUT2D eigenvalue weighted by atomic mass is 9.87. The summed E-state index contributed by atoms with van der Waals surface area (Å²) in [7, 11) is 3.04. The number of methoxy groups -OCH3 is 2. The molecule has 0 radical (unpaired) electrons. The van der Waals surface area contributed by atoms with Crippen molar-refractivity contribution in [3.8, 4) is 0 Å². The molecule has 2 unspecified atom stereocenters. The first-order chi connectivity index (χ1) is 25.6. The molecule has 0 amide bonds. The Balaban J connectivity index is 1.57. The number of nitrogens with one attached hydrogen (secondary N) is 2. The molecule has 2 atom stereocenters. The van der Waals surface area contributed by atoms with E-state index in [1.54, 1.807) is 7.11 Å². The molecule has 5 heterocycles. The third kappa shape index (κ3) is 9.22. The average molecular weight is 725 g/mol. The lowest BCUT2D eigenvalue weighted by Gasteiger charge is -2.15. The van der Waals surface area contributed by atoms with Gasteiger partial charge in [-0.15, -0.1) is 0 Å². The largest absolute Gasteiger partial charge is 0.469 e. The number of fused-ring (bicyclic) bond motifs is 8. The molecule has 0 spiro atoms. The van der Waals surface area contributed by atoms with Crippen molar-refractivity contribution < 1.29 is 33.3 Å². The zero-order valence-electron chi connectivity index (χ0n) is 31.9. The highest BCUT2D eigenvalue weighted by atomic mass is 16.6. The molecule has 11 nitrogen and oxygen atoms in total. The summed E-state index contributed by atoms with van der Waals surface area (Å²) in [6, 6.07) is 8.26. The zero-order valence-corrected chi connectivity index (χ0v) is 31.9. The summed E-state index contributed by atoms with van der Waals surface area (Å²) in [4.78, 5) is 42.7. The summed E-state index contributed by atoms with van der Waals surface area (Å²) >= 11 is 0. The molecule has 282 valence electrons. The SMILES string of the molecule is C=CC1=C(C)c2cc3[nH]c(cc4nc(cc5[nH]c(cc1n2)c(C)c5CCC(=O)OCCOCCOCCOC)C(CCC(=O)OC)C4C)c(C)c3C=C. The van der Waals surface area contributed by atoms with Gasteiger partial charge in [0.1, 0.15) is 6.61 Å². The minimum atomic E-state index is -0.310. The molecule has 0 aromatic carbocycles. The van der Waals surface area contributed by atoms with E-state index >= 15 is 0 Å². The van der Waals surface area contributed by atoms with Crippen LogP contribution in [0.25, 0.3) is 39.3 Å². The number of carbonyl (C=O) groups excluding carboxylic acids is 2. The Morgan fingerprint density at radius 2 is 1.42 bits per heavy atom. The van der Waals surface area contributed by atoms with Gasteiger partial charge in [-0.3, -0.25) is 14.6 Å². The van der Waals surface area contributed by atoms with E-state index in [0.29, 0.717) is 39.3 Å². The first-order valence-electron chi connectivity index (χ1n) is 18.2. The maximum Gasteiger partial charge on any atom is 0.306 e. The van der Waals surface area contributed by atoms with Crippen molar-refractivity contribution in [2.75, 3.05) is 53.9 Å². The highest BCUT2D eigenvalue weighted by Crippen LogP contribution is 2.41. The number of allylic oxidation sites excluding steroid dienone is 3. The van der Waals surface area contributed by atoms with E-state index in [4.69, 9.17) is 33.7 Å². The average Bonchev–Trinajstić information content (AvgIpc) is 3.81. The van der Waals surface area contributed by atoms with Gasteiger partial charge in [-0.2, -0.15) is 0 Å². The van der Waals surface area contributed by atoms with E-state index in [0.717, 1.165) is 78.2 Å². The van der Waals surface area contributed by atoms with Gasteiger partial charge in [-0.25, -0.2) is 4.98 Å². The Labute approximate surface area is 311 Å². The number of hydrogen-bond donors (Lipinski definition) is 2. The summed E-state index contributed by atoms with van der Waals surface area (Å²) in [5, 5.41) is 0. The van der Waals surface area contributed by atoms with Crippen LogP contribution < -0.4 is 0 Å². The normalized spacial score (nSPS) is 15.4. The van der Waals surface area contributed by atoms with Crippen LogP contribution in [0.15, 0.2) is 43.5 Å². The second-order valence-electron chi connectivity index (χ2n) is 13.4. The molecule has 0 fully saturated rings. The first-order valence-corrected chi connectivity index (χ1v) is 18.2. The molecule has 2 aliphatic heterocycles. The predicted molar refractivity (Wildman–Crippen MR) is 208 cm³/mol. The molecule has 3 aromatic heterocycles. The number of hydrogen-bond acceptors (Lipinski definition) is 9. The third-order valence-electron chi connectivity index (χ3n) is 10.1. The molecular weight excluding hydrogens is 672 g/mol. The van der Waals surface area contributed by atoms with E-state index in [1.807, 2.05) is 25.1 Å². The van der Waals surface area contributed by atoms with Gasteiger partial charge >= 0.3 is 11.9 Å². The smallest absolute Gasteiger partial charge is 0.306 e. The summed E-state index contributed by atoms with van der Waals surface area (Å²) in [5.74, 6) is -0.579. The van der Waals surface area contributed by atoms with Gasteiger partial charge in [0, 0.05) is 76.4 Å². The highest BCUT2D eigenvalue weighted by Gasteiger charge is 2.30. The van der Waals surface area contributed by atoms with Gasteiger partial charge in [0.05, 0.1) is 51.5 Å². The van der Waals surface area contributed by atoms with Crippen LogP contribution in [0, 0.1) is 13.8 Å². The van der Waals surface area contributed by atoms with Crippen molar-refractivity contribution in [3.05, 3.63) is 88.5 Å². The monoisotopic (exact) mass is 724 g/mol. The minimum Gasteiger partial charge on any atom is -0.469 e. The van der Waals surface area contributed by atoms with E-state index in [1.165, 1.54) is 7.11 Å². The molecule has 0 aliphatic carbocycles. The van der Waals surface area contributed by atoms with Gasteiger partial charge in [-0.05, 0) is 80.1 Å². The maximum absolute atomic E-state index is 12.9. The fourth-order valence-electron chi connectivity index (χ4n) is 6.97. The fraction of sp³-hybridized carbons (Fsp3) is 0.429. The topological polar surface area (TPSA) is 138 Å². The van der Waals surface area contributed by atoms with Crippen molar-refractivity contribution >= 4 is 51.2 Å². The quantitative estimate of drug-likeness (QED) is 0.106.